The fourth-order valence-corrected chi connectivity index (χ4v) is 2.45. The SMILES string of the molecule is CCc1cc(C(=O)N2CCN(CCO)[C@H](C)C2)n[nH]1. The molecule has 0 aromatic carbocycles. The van der Waals surface area contributed by atoms with E-state index < -0.39 is 0 Å². The summed E-state index contributed by atoms with van der Waals surface area (Å²) in [7, 11) is 0. The van der Waals surface area contributed by atoms with Crippen molar-refractivity contribution in [1.82, 2.24) is 20.0 Å². The number of H-pyrrole nitrogens is 1. The van der Waals surface area contributed by atoms with Crippen LogP contribution in [0.15, 0.2) is 6.07 Å². The fraction of sp³-hybridized carbons (Fsp3) is 0.692. The van der Waals surface area contributed by atoms with Crippen LogP contribution >= 0.6 is 0 Å². The second-order valence-corrected chi connectivity index (χ2v) is 4.99. The Labute approximate surface area is 113 Å². The zero-order valence-electron chi connectivity index (χ0n) is 11.6. The van der Waals surface area contributed by atoms with Crippen molar-refractivity contribution >= 4 is 5.91 Å². The summed E-state index contributed by atoms with van der Waals surface area (Å²) in [6.07, 6.45) is 0.848. The largest absolute Gasteiger partial charge is 0.395 e. The van der Waals surface area contributed by atoms with Crippen LogP contribution in [0.2, 0.25) is 0 Å². The highest BCUT2D eigenvalue weighted by molar-refractivity contribution is 5.92. The monoisotopic (exact) mass is 266 g/mol. The number of aromatic nitrogens is 2. The maximum Gasteiger partial charge on any atom is 0.274 e. The zero-order valence-corrected chi connectivity index (χ0v) is 11.6. The number of aromatic amines is 1. The van der Waals surface area contributed by atoms with Crippen LogP contribution < -0.4 is 0 Å². The molecule has 1 aliphatic heterocycles. The lowest BCUT2D eigenvalue weighted by Crippen LogP contribution is -2.54. The van der Waals surface area contributed by atoms with Gasteiger partial charge >= 0.3 is 0 Å². The van der Waals surface area contributed by atoms with Crippen LogP contribution in [0.4, 0.5) is 0 Å². The van der Waals surface area contributed by atoms with E-state index in [9.17, 15) is 4.79 Å². The van der Waals surface area contributed by atoms with Gasteiger partial charge in [0.2, 0.25) is 0 Å². The lowest BCUT2D eigenvalue weighted by Gasteiger charge is -2.39. The fourth-order valence-electron chi connectivity index (χ4n) is 2.45. The molecule has 0 radical (unpaired) electrons. The Morgan fingerprint density at radius 2 is 2.37 bits per heavy atom. The number of rotatable bonds is 4. The lowest BCUT2D eigenvalue weighted by atomic mass is 10.1. The van der Waals surface area contributed by atoms with Crippen molar-refractivity contribution in [2.45, 2.75) is 26.3 Å². The van der Waals surface area contributed by atoms with Gasteiger partial charge in [-0.05, 0) is 19.4 Å². The van der Waals surface area contributed by atoms with Crippen LogP contribution in [0, 0.1) is 0 Å². The summed E-state index contributed by atoms with van der Waals surface area (Å²) in [5.74, 6) is -0.00792. The van der Waals surface area contributed by atoms with Gasteiger partial charge in [0.1, 0.15) is 5.69 Å². The van der Waals surface area contributed by atoms with E-state index in [1.807, 2.05) is 17.9 Å². The number of aliphatic hydroxyl groups excluding tert-OH is 1. The zero-order chi connectivity index (χ0) is 13.8. The minimum absolute atomic E-state index is 0.00792. The molecular weight excluding hydrogens is 244 g/mol. The topological polar surface area (TPSA) is 72.5 Å². The Morgan fingerprint density at radius 3 is 2.95 bits per heavy atom. The van der Waals surface area contributed by atoms with Gasteiger partial charge in [0.25, 0.3) is 5.91 Å². The van der Waals surface area contributed by atoms with Crippen molar-refractivity contribution in [1.29, 1.82) is 0 Å². The molecule has 1 atom stereocenters. The molecular formula is C13H22N4O2. The molecule has 6 heteroatoms. The molecule has 106 valence electrons. The lowest BCUT2D eigenvalue weighted by molar-refractivity contribution is 0.0465. The first-order chi connectivity index (χ1) is 9.15. The summed E-state index contributed by atoms with van der Waals surface area (Å²) in [6, 6.07) is 2.10. The van der Waals surface area contributed by atoms with Gasteiger partial charge in [0, 0.05) is 37.9 Å². The average molecular weight is 266 g/mol. The predicted molar refractivity (Wildman–Crippen MR) is 72.0 cm³/mol. The minimum Gasteiger partial charge on any atom is -0.395 e. The molecule has 0 bridgehead atoms. The molecule has 0 unspecified atom stereocenters. The first kappa shape index (κ1) is 14.0. The summed E-state index contributed by atoms with van der Waals surface area (Å²) >= 11 is 0. The van der Waals surface area contributed by atoms with Gasteiger partial charge in [-0.2, -0.15) is 5.10 Å². The summed E-state index contributed by atoms with van der Waals surface area (Å²) < 4.78 is 0. The third-order valence-electron chi connectivity index (χ3n) is 3.67. The van der Waals surface area contributed by atoms with Crippen LogP contribution in [-0.4, -0.2) is 69.8 Å². The van der Waals surface area contributed by atoms with E-state index in [1.165, 1.54) is 0 Å². The minimum atomic E-state index is -0.00792. The van der Waals surface area contributed by atoms with Gasteiger partial charge in [0.05, 0.1) is 6.61 Å². The molecule has 1 fully saturated rings. The molecule has 6 nitrogen and oxygen atoms in total. The van der Waals surface area contributed by atoms with Crippen LogP contribution in [0.3, 0.4) is 0 Å². The summed E-state index contributed by atoms with van der Waals surface area (Å²) in [5.41, 5.74) is 1.48. The number of carbonyl (C=O) groups is 1. The molecule has 19 heavy (non-hydrogen) atoms. The molecule has 1 amide bonds. The van der Waals surface area contributed by atoms with Crippen molar-refractivity contribution in [3.05, 3.63) is 17.5 Å². The molecule has 1 saturated heterocycles. The first-order valence-electron chi connectivity index (χ1n) is 6.84. The Hall–Kier alpha value is -1.40. The molecule has 2 heterocycles. The Bertz CT molecular complexity index is 432. The molecule has 2 N–H and O–H groups in total. The second-order valence-electron chi connectivity index (χ2n) is 4.99. The Kier molecular flexibility index (Phi) is 4.55. The molecule has 1 aromatic rings. The Balaban J connectivity index is 1.98. The number of aryl methyl sites for hydroxylation is 1. The van der Waals surface area contributed by atoms with Gasteiger partial charge in [-0.1, -0.05) is 6.92 Å². The van der Waals surface area contributed by atoms with E-state index in [2.05, 4.69) is 22.0 Å². The van der Waals surface area contributed by atoms with Gasteiger partial charge in [-0.25, -0.2) is 0 Å². The van der Waals surface area contributed by atoms with Crippen molar-refractivity contribution in [3.8, 4) is 0 Å². The Morgan fingerprint density at radius 1 is 1.58 bits per heavy atom. The number of nitrogens with zero attached hydrogens (tertiary/aromatic N) is 3. The predicted octanol–water partition coefficient (Wildman–Crippen LogP) is 0.111. The number of carbonyl (C=O) groups excluding carboxylic acids is 1. The number of hydrogen-bond donors (Lipinski definition) is 2. The van der Waals surface area contributed by atoms with E-state index in [-0.39, 0.29) is 18.6 Å². The third-order valence-corrected chi connectivity index (χ3v) is 3.67. The highest BCUT2D eigenvalue weighted by Gasteiger charge is 2.27. The summed E-state index contributed by atoms with van der Waals surface area (Å²) in [4.78, 5) is 16.4. The smallest absolute Gasteiger partial charge is 0.274 e. The third kappa shape index (κ3) is 3.13. The van der Waals surface area contributed by atoms with E-state index in [0.717, 1.165) is 18.7 Å². The van der Waals surface area contributed by atoms with E-state index in [0.29, 0.717) is 25.3 Å². The van der Waals surface area contributed by atoms with Gasteiger partial charge < -0.3 is 10.0 Å². The number of β-amino-alcohol motifs (C(OH)–C–C–N with tert-alkyl or cyclic N) is 1. The number of aliphatic hydroxyl groups is 1. The molecule has 0 spiro atoms. The van der Waals surface area contributed by atoms with Gasteiger partial charge in [-0.15, -0.1) is 0 Å². The number of nitrogens with one attached hydrogen (secondary N) is 1. The molecule has 0 saturated carbocycles. The summed E-state index contributed by atoms with van der Waals surface area (Å²) in [6.45, 7) is 7.13. The summed E-state index contributed by atoms with van der Waals surface area (Å²) in [5, 5.41) is 15.9. The van der Waals surface area contributed by atoms with Crippen LogP contribution in [-0.2, 0) is 6.42 Å². The van der Waals surface area contributed by atoms with E-state index in [4.69, 9.17) is 5.11 Å². The molecule has 1 aliphatic rings. The molecule has 0 aliphatic carbocycles. The normalized spacial score (nSPS) is 20.8. The van der Waals surface area contributed by atoms with Gasteiger partial charge in [-0.3, -0.25) is 14.8 Å². The van der Waals surface area contributed by atoms with Crippen LogP contribution in [0.5, 0.6) is 0 Å². The number of piperazine rings is 1. The highest BCUT2D eigenvalue weighted by Crippen LogP contribution is 2.12. The van der Waals surface area contributed by atoms with Crippen LogP contribution in [0.25, 0.3) is 0 Å². The van der Waals surface area contributed by atoms with Crippen molar-refractivity contribution in [2.24, 2.45) is 0 Å². The average Bonchev–Trinajstić information content (AvgIpc) is 2.89. The van der Waals surface area contributed by atoms with Crippen molar-refractivity contribution in [2.75, 3.05) is 32.8 Å². The van der Waals surface area contributed by atoms with Crippen LogP contribution in [0.1, 0.15) is 30.0 Å². The maximum absolute atomic E-state index is 12.3. The number of amides is 1. The number of hydrogen-bond acceptors (Lipinski definition) is 4. The quantitative estimate of drug-likeness (QED) is 0.811. The van der Waals surface area contributed by atoms with Crippen molar-refractivity contribution < 1.29 is 9.90 Å². The first-order valence-corrected chi connectivity index (χ1v) is 6.84. The second kappa shape index (κ2) is 6.16. The van der Waals surface area contributed by atoms with Gasteiger partial charge in [0.15, 0.2) is 0 Å². The maximum atomic E-state index is 12.3. The molecule has 2 rings (SSSR count). The van der Waals surface area contributed by atoms with E-state index in [1.54, 1.807) is 0 Å². The van der Waals surface area contributed by atoms with Crippen molar-refractivity contribution in [3.63, 3.8) is 0 Å². The van der Waals surface area contributed by atoms with E-state index >= 15 is 0 Å². The standard InChI is InChI=1S/C13H22N4O2/c1-3-11-8-12(15-14-11)13(19)17-5-4-16(6-7-18)10(2)9-17/h8,10,18H,3-7,9H2,1-2H3,(H,14,15)/t10-/m1/s1. The highest BCUT2D eigenvalue weighted by atomic mass is 16.3. The molecule has 1 aromatic heterocycles.